The number of methoxy groups -OCH3 is 1. The topological polar surface area (TPSA) is 64.1 Å². The number of esters is 1. The Morgan fingerprint density at radius 3 is 2.62 bits per heavy atom. The predicted octanol–water partition coefficient (Wildman–Crippen LogP) is 0.863. The Bertz CT molecular complexity index is 354. The van der Waals surface area contributed by atoms with Crippen molar-refractivity contribution >= 4 is 5.97 Å². The number of hydrogen-bond acceptors (Lipinski definition) is 5. The lowest BCUT2D eigenvalue weighted by Gasteiger charge is -2.29. The Kier molecular flexibility index (Phi) is 3.95. The Balaban J connectivity index is 3.09. The van der Waals surface area contributed by atoms with E-state index in [1.807, 2.05) is 13.8 Å². The van der Waals surface area contributed by atoms with Crippen LogP contribution in [0.2, 0.25) is 0 Å². The molecule has 0 fully saturated rings. The normalized spacial score (nSPS) is 14.6. The van der Waals surface area contributed by atoms with Gasteiger partial charge in [0.25, 0.3) is 0 Å². The van der Waals surface area contributed by atoms with E-state index in [1.54, 1.807) is 25.5 Å². The van der Waals surface area contributed by atoms with Crippen LogP contribution < -0.4 is 5.32 Å². The van der Waals surface area contributed by atoms with Gasteiger partial charge in [0.1, 0.15) is 0 Å². The highest BCUT2D eigenvalue weighted by molar-refractivity contribution is 5.81. The maximum atomic E-state index is 11.8. The van der Waals surface area contributed by atoms with E-state index in [1.165, 1.54) is 7.11 Å². The first-order chi connectivity index (χ1) is 7.50. The van der Waals surface area contributed by atoms with Gasteiger partial charge < -0.3 is 4.74 Å². The third-order valence-electron chi connectivity index (χ3n) is 2.25. The fraction of sp³-hybridized carbons (Fsp3) is 0.545. The molecule has 0 spiro atoms. The monoisotopic (exact) mass is 223 g/mol. The third kappa shape index (κ3) is 2.55. The van der Waals surface area contributed by atoms with Gasteiger partial charge in [0.05, 0.1) is 19.0 Å². The molecule has 0 amide bonds. The highest BCUT2D eigenvalue weighted by Gasteiger charge is 2.38. The van der Waals surface area contributed by atoms with E-state index in [0.29, 0.717) is 5.69 Å². The molecule has 0 aromatic carbocycles. The molecule has 1 N–H and O–H groups in total. The molecule has 5 nitrogen and oxygen atoms in total. The molecule has 0 saturated carbocycles. The zero-order chi connectivity index (χ0) is 12.2. The average Bonchev–Trinajstić information content (AvgIpc) is 2.28. The summed E-state index contributed by atoms with van der Waals surface area (Å²) in [6, 6.07) is 0.131. The molecule has 0 saturated heterocycles. The minimum atomic E-state index is -0.961. The van der Waals surface area contributed by atoms with Crippen molar-refractivity contribution in [3.8, 4) is 0 Å². The van der Waals surface area contributed by atoms with Gasteiger partial charge in [-0.2, -0.15) is 0 Å². The number of ether oxygens (including phenoxy) is 1. The molecule has 5 heteroatoms. The van der Waals surface area contributed by atoms with Crippen LogP contribution in [0.4, 0.5) is 0 Å². The van der Waals surface area contributed by atoms with Gasteiger partial charge in [-0.25, -0.2) is 4.79 Å². The fourth-order valence-electron chi connectivity index (χ4n) is 1.58. The van der Waals surface area contributed by atoms with Gasteiger partial charge >= 0.3 is 5.97 Å². The molecule has 0 aliphatic heterocycles. The molecule has 0 bridgehead atoms. The van der Waals surface area contributed by atoms with Crippen LogP contribution in [0.1, 0.15) is 26.5 Å². The van der Waals surface area contributed by atoms with E-state index < -0.39 is 5.54 Å². The van der Waals surface area contributed by atoms with Crippen LogP contribution >= 0.6 is 0 Å². The minimum absolute atomic E-state index is 0.131. The van der Waals surface area contributed by atoms with Crippen molar-refractivity contribution in [3.63, 3.8) is 0 Å². The van der Waals surface area contributed by atoms with Gasteiger partial charge in [-0.3, -0.25) is 15.3 Å². The van der Waals surface area contributed by atoms with Crippen molar-refractivity contribution in [1.82, 2.24) is 15.3 Å². The van der Waals surface area contributed by atoms with Crippen LogP contribution in [-0.2, 0) is 15.1 Å². The first-order valence-corrected chi connectivity index (χ1v) is 5.13. The summed E-state index contributed by atoms with van der Waals surface area (Å²) in [6.07, 6.45) is 4.68. The van der Waals surface area contributed by atoms with E-state index >= 15 is 0 Å². The fourth-order valence-corrected chi connectivity index (χ4v) is 1.58. The average molecular weight is 223 g/mol. The van der Waals surface area contributed by atoms with Crippen molar-refractivity contribution in [2.45, 2.75) is 32.4 Å². The molecule has 1 atom stereocenters. The van der Waals surface area contributed by atoms with Crippen LogP contribution in [0, 0.1) is 0 Å². The summed E-state index contributed by atoms with van der Waals surface area (Å²) in [4.78, 5) is 19.9. The number of nitrogens with one attached hydrogen (secondary N) is 1. The second kappa shape index (κ2) is 5.03. The smallest absolute Gasteiger partial charge is 0.332 e. The van der Waals surface area contributed by atoms with Crippen LogP contribution in [0.15, 0.2) is 18.6 Å². The molecule has 0 aliphatic rings. The molecule has 0 aliphatic carbocycles. The highest BCUT2D eigenvalue weighted by atomic mass is 16.5. The molecule has 1 heterocycles. The quantitative estimate of drug-likeness (QED) is 0.767. The molecule has 16 heavy (non-hydrogen) atoms. The zero-order valence-electron chi connectivity index (χ0n) is 10.0. The lowest BCUT2D eigenvalue weighted by molar-refractivity contribution is -0.148. The van der Waals surface area contributed by atoms with Gasteiger partial charge in [0.15, 0.2) is 5.54 Å². The van der Waals surface area contributed by atoms with Crippen LogP contribution in [0.3, 0.4) is 0 Å². The van der Waals surface area contributed by atoms with Crippen molar-refractivity contribution in [2.24, 2.45) is 0 Å². The highest BCUT2D eigenvalue weighted by Crippen LogP contribution is 2.20. The maximum absolute atomic E-state index is 11.8. The predicted molar refractivity (Wildman–Crippen MR) is 59.7 cm³/mol. The summed E-state index contributed by atoms with van der Waals surface area (Å²) in [6.45, 7) is 5.65. The number of aromatic nitrogens is 2. The Hall–Kier alpha value is -1.49. The van der Waals surface area contributed by atoms with Gasteiger partial charge in [0, 0.05) is 18.4 Å². The number of nitrogens with zero attached hydrogens (tertiary/aromatic N) is 2. The summed E-state index contributed by atoms with van der Waals surface area (Å²) in [5, 5.41) is 3.15. The zero-order valence-corrected chi connectivity index (χ0v) is 10.0. The standard InChI is InChI=1S/C11H17N3O2/c1-8(2)14-11(3,10(15)16-4)9-7-12-5-6-13-9/h5-8,14H,1-4H3. The lowest BCUT2D eigenvalue weighted by Crippen LogP contribution is -2.50. The van der Waals surface area contributed by atoms with E-state index in [9.17, 15) is 4.79 Å². The van der Waals surface area contributed by atoms with Gasteiger partial charge in [-0.1, -0.05) is 0 Å². The lowest BCUT2D eigenvalue weighted by atomic mass is 9.97. The second-order valence-electron chi connectivity index (χ2n) is 4.01. The SMILES string of the molecule is COC(=O)C(C)(NC(C)C)c1cnccn1. The maximum Gasteiger partial charge on any atom is 0.332 e. The van der Waals surface area contributed by atoms with Gasteiger partial charge in [-0.15, -0.1) is 0 Å². The Morgan fingerprint density at radius 1 is 1.50 bits per heavy atom. The summed E-state index contributed by atoms with van der Waals surface area (Å²) < 4.78 is 4.80. The number of rotatable bonds is 4. The van der Waals surface area contributed by atoms with E-state index in [2.05, 4.69) is 15.3 Å². The van der Waals surface area contributed by atoms with E-state index in [4.69, 9.17) is 4.74 Å². The number of hydrogen-bond donors (Lipinski definition) is 1. The van der Waals surface area contributed by atoms with Crippen LogP contribution in [-0.4, -0.2) is 29.1 Å². The van der Waals surface area contributed by atoms with Crippen molar-refractivity contribution in [3.05, 3.63) is 24.3 Å². The van der Waals surface area contributed by atoms with Crippen molar-refractivity contribution < 1.29 is 9.53 Å². The number of carbonyl (C=O) groups is 1. The van der Waals surface area contributed by atoms with E-state index in [0.717, 1.165) is 0 Å². The van der Waals surface area contributed by atoms with E-state index in [-0.39, 0.29) is 12.0 Å². The first-order valence-electron chi connectivity index (χ1n) is 5.13. The minimum Gasteiger partial charge on any atom is -0.467 e. The Labute approximate surface area is 95.3 Å². The summed E-state index contributed by atoms with van der Waals surface area (Å²) in [5.41, 5.74) is -0.410. The molecule has 88 valence electrons. The summed E-state index contributed by atoms with van der Waals surface area (Å²) in [7, 11) is 1.36. The van der Waals surface area contributed by atoms with Crippen LogP contribution in [0.5, 0.6) is 0 Å². The molecule has 1 aromatic heterocycles. The molecular weight excluding hydrogens is 206 g/mol. The summed E-state index contributed by atoms with van der Waals surface area (Å²) in [5.74, 6) is -0.373. The molecular formula is C11H17N3O2. The summed E-state index contributed by atoms with van der Waals surface area (Å²) >= 11 is 0. The number of carbonyl (C=O) groups excluding carboxylic acids is 1. The molecule has 1 rings (SSSR count). The Morgan fingerprint density at radius 2 is 2.19 bits per heavy atom. The van der Waals surface area contributed by atoms with Crippen molar-refractivity contribution in [2.75, 3.05) is 7.11 Å². The van der Waals surface area contributed by atoms with Gasteiger partial charge in [-0.05, 0) is 20.8 Å². The molecule has 1 unspecified atom stereocenters. The van der Waals surface area contributed by atoms with Crippen molar-refractivity contribution in [1.29, 1.82) is 0 Å². The molecule has 1 aromatic rings. The first kappa shape index (κ1) is 12.6. The van der Waals surface area contributed by atoms with Gasteiger partial charge in [0.2, 0.25) is 0 Å². The van der Waals surface area contributed by atoms with Crippen LogP contribution in [0.25, 0.3) is 0 Å². The third-order valence-corrected chi connectivity index (χ3v) is 2.25. The largest absolute Gasteiger partial charge is 0.467 e. The second-order valence-corrected chi connectivity index (χ2v) is 4.01. The molecule has 0 radical (unpaired) electrons.